The van der Waals surface area contributed by atoms with Crippen LogP contribution in [0.25, 0.3) is 11.3 Å². The van der Waals surface area contributed by atoms with Gasteiger partial charge in [-0.15, -0.1) is 0 Å². The summed E-state index contributed by atoms with van der Waals surface area (Å²) >= 11 is 0. The molecule has 0 unspecified atom stereocenters. The van der Waals surface area contributed by atoms with Gasteiger partial charge in [-0.1, -0.05) is 24.3 Å². The molecule has 126 valence electrons. The summed E-state index contributed by atoms with van der Waals surface area (Å²) in [6.45, 7) is 3.79. The van der Waals surface area contributed by atoms with Gasteiger partial charge in [-0.2, -0.15) is 0 Å². The standard InChI is InChI=1S/C21H27N3/c1-23(2)20-8-4-3-7-18(20)19-10-9-17(15-22-19)21-11-5-13-24(16-21)14-6-12-21/h3-4,7-10,15H,5-6,11-14,16H2,1-2H3. The van der Waals surface area contributed by atoms with Gasteiger partial charge in [-0.05, 0) is 56.5 Å². The largest absolute Gasteiger partial charge is 0.377 e. The number of aromatic nitrogens is 1. The van der Waals surface area contributed by atoms with Crippen molar-refractivity contribution < 1.29 is 0 Å². The third kappa shape index (κ3) is 2.71. The van der Waals surface area contributed by atoms with E-state index in [0.29, 0.717) is 5.41 Å². The number of para-hydroxylation sites is 1. The van der Waals surface area contributed by atoms with E-state index >= 15 is 0 Å². The summed E-state index contributed by atoms with van der Waals surface area (Å²) in [4.78, 5) is 9.66. The van der Waals surface area contributed by atoms with Gasteiger partial charge in [0.05, 0.1) is 5.69 Å². The highest BCUT2D eigenvalue weighted by Crippen LogP contribution is 2.41. The van der Waals surface area contributed by atoms with E-state index in [4.69, 9.17) is 4.98 Å². The number of rotatable bonds is 3. The minimum Gasteiger partial charge on any atom is -0.377 e. The van der Waals surface area contributed by atoms with E-state index in [0.717, 1.165) is 5.69 Å². The predicted octanol–water partition coefficient (Wildman–Crippen LogP) is 3.94. The molecule has 3 heteroatoms. The van der Waals surface area contributed by atoms with Crippen LogP contribution in [0.3, 0.4) is 0 Å². The zero-order valence-electron chi connectivity index (χ0n) is 14.8. The molecule has 2 fully saturated rings. The van der Waals surface area contributed by atoms with Gasteiger partial charge in [-0.3, -0.25) is 4.98 Å². The molecule has 0 amide bonds. The molecule has 1 aromatic heterocycles. The number of benzene rings is 1. The third-order valence-electron chi connectivity index (χ3n) is 5.82. The van der Waals surface area contributed by atoms with Crippen LogP contribution in [0.5, 0.6) is 0 Å². The highest BCUT2D eigenvalue weighted by atomic mass is 15.1. The number of pyridine rings is 1. The minimum atomic E-state index is 0.350. The quantitative estimate of drug-likeness (QED) is 0.853. The number of anilines is 1. The van der Waals surface area contributed by atoms with Gasteiger partial charge in [0.15, 0.2) is 0 Å². The zero-order chi connectivity index (χ0) is 16.6. The summed E-state index contributed by atoms with van der Waals surface area (Å²) < 4.78 is 0. The minimum absolute atomic E-state index is 0.350. The van der Waals surface area contributed by atoms with E-state index < -0.39 is 0 Å². The van der Waals surface area contributed by atoms with Gasteiger partial charge in [0.1, 0.15) is 0 Å². The summed E-state index contributed by atoms with van der Waals surface area (Å²) in [5, 5.41) is 0. The monoisotopic (exact) mass is 321 g/mol. The molecule has 2 bridgehead atoms. The van der Waals surface area contributed by atoms with Gasteiger partial charge in [0.2, 0.25) is 0 Å². The average molecular weight is 321 g/mol. The second-order valence-corrected chi connectivity index (χ2v) is 7.61. The molecule has 0 spiro atoms. The maximum absolute atomic E-state index is 4.86. The smallest absolute Gasteiger partial charge is 0.0723 e. The molecule has 3 heterocycles. The topological polar surface area (TPSA) is 19.4 Å². The Kier molecular flexibility index (Phi) is 4.05. The van der Waals surface area contributed by atoms with E-state index in [1.54, 1.807) is 0 Å². The molecular weight excluding hydrogens is 294 g/mol. The van der Waals surface area contributed by atoms with Crippen LogP contribution < -0.4 is 4.90 Å². The molecule has 0 N–H and O–H groups in total. The van der Waals surface area contributed by atoms with E-state index in [9.17, 15) is 0 Å². The molecule has 2 aliphatic heterocycles. The van der Waals surface area contributed by atoms with Crippen molar-refractivity contribution >= 4 is 5.69 Å². The summed E-state index contributed by atoms with van der Waals surface area (Å²) in [6.07, 6.45) is 7.44. The predicted molar refractivity (Wildman–Crippen MR) is 101 cm³/mol. The first-order chi connectivity index (χ1) is 11.7. The van der Waals surface area contributed by atoms with Crippen molar-refractivity contribution in [3.63, 3.8) is 0 Å². The number of piperidine rings is 2. The van der Waals surface area contributed by atoms with E-state index in [1.807, 2.05) is 0 Å². The molecule has 0 radical (unpaired) electrons. The van der Waals surface area contributed by atoms with Crippen LogP contribution in [0.15, 0.2) is 42.6 Å². The van der Waals surface area contributed by atoms with Crippen LogP contribution in [-0.4, -0.2) is 43.6 Å². The lowest BCUT2D eigenvalue weighted by Gasteiger charge is -2.47. The SMILES string of the molecule is CN(C)c1ccccc1-c1ccc(C23CCCN(CCC2)C3)cn1. The third-order valence-corrected chi connectivity index (χ3v) is 5.82. The Balaban J connectivity index is 1.66. The van der Waals surface area contributed by atoms with Crippen molar-refractivity contribution in [2.24, 2.45) is 0 Å². The summed E-state index contributed by atoms with van der Waals surface area (Å²) in [6, 6.07) is 13.1. The maximum atomic E-state index is 4.86. The Labute approximate surface area is 145 Å². The van der Waals surface area contributed by atoms with Gasteiger partial charge in [0, 0.05) is 43.5 Å². The fraction of sp³-hybridized carbons (Fsp3) is 0.476. The van der Waals surface area contributed by atoms with Crippen LogP contribution in [-0.2, 0) is 5.41 Å². The van der Waals surface area contributed by atoms with E-state index in [-0.39, 0.29) is 0 Å². The van der Waals surface area contributed by atoms with Gasteiger partial charge in [0.25, 0.3) is 0 Å². The highest BCUT2D eigenvalue weighted by Gasteiger charge is 2.39. The second kappa shape index (κ2) is 6.21. The van der Waals surface area contributed by atoms with E-state index in [1.165, 1.54) is 62.1 Å². The van der Waals surface area contributed by atoms with Crippen molar-refractivity contribution in [1.29, 1.82) is 0 Å². The van der Waals surface area contributed by atoms with Crippen molar-refractivity contribution in [3.8, 4) is 11.3 Å². The van der Waals surface area contributed by atoms with Crippen molar-refractivity contribution in [2.45, 2.75) is 31.1 Å². The summed E-state index contributed by atoms with van der Waals surface area (Å²) in [5.41, 5.74) is 5.29. The van der Waals surface area contributed by atoms with Crippen LogP contribution in [0.1, 0.15) is 31.2 Å². The number of nitrogens with zero attached hydrogens (tertiary/aromatic N) is 3. The van der Waals surface area contributed by atoms with Crippen LogP contribution in [0.2, 0.25) is 0 Å². The number of hydrogen-bond donors (Lipinski definition) is 0. The van der Waals surface area contributed by atoms with Crippen LogP contribution in [0.4, 0.5) is 5.69 Å². The first-order valence-electron chi connectivity index (χ1n) is 9.14. The van der Waals surface area contributed by atoms with Crippen LogP contribution in [0, 0.1) is 0 Å². The fourth-order valence-corrected chi connectivity index (χ4v) is 4.59. The van der Waals surface area contributed by atoms with Crippen molar-refractivity contribution in [3.05, 3.63) is 48.2 Å². The van der Waals surface area contributed by atoms with Crippen LogP contribution >= 0.6 is 0 Å². The lowest BCUT2D eigenvalue weighted by atomic mass is 9.69. The molecule has 0 atom stereocenters. The first kappa shape index (κ1) is 15.6. The summed E-state index contributed by atoms with van der Waals surface area (Å²) in [7, 11) is 4.18. The Bertz CT molecular complexity index is 695. The van der Waals surface area contributed by atoms with Gasteiger partial charge >= 0.3 is 0 Å². The number of fused-ring (bicyclic) bond motifs is 2. The van der Waals surface area contributed by atoms with Gasteiger partial charge in [-0.25, -0.2) is 0 Å². The lowest BCUT2D eigenvalue weighted by molar-refractivity contribution is 0.0941. The molecular formula is C21H27N3. The fourth-order valence-electron chi connectivity index (χ4n) is 4.59. The molecule has 2 aliphatic rings. The normalized spacial score (nSPS) is 26.2. The first-order valence-corrected chi connectivity index (χ1v) is 9.14. The molecule has 3 nitrogen and oxygen atoms in total. The second-order valence-electron chi connectivity index (χ2n) is 7.61. The Morgan fingerprint density at radius 3 is 2.42 bits per heavy atom. The highest BCUT2D eigenvalue weighted by molar-refractivity contribution is 5.76. The lowest BCUT2D eigenvalue weighted by Crippen LogP contribution is -2.50. The molecule has 1 aromatic carbocycles. The Morgan fingerprint density at radius 1 is 1.00 bits per heavy atom. The molecule has 2 aromatic rings. The van der Waals surface area contributed by atoms with E-state index in [2.05, 4.69) is 66.5 Å². The van der Waals surface area contributed by atoms with Crippen molar-refractivity contribution in [1.82, 2.24) is 9.88 Å². The number of hydrogen-bond acceptors (Lipinski definition) is 3. The maximum Gasteiger partial charge on any atom is 0.0723 e. The molecule has 2 saturated heterocycles. The van der Waals surface area contributed by atoms with Crippen molar-refractivity contribution in [2.75, 3.05) is 38.6 Å². The van der Waals surface area contributed by atoms with Gasteiger partial charge < -0.3 is 9.80 Å². The molecule has 24 heavy (non-hydrogen) atoms. The average Bonchev–Trinajstić information content (AvgIpc) is 2.62. The zero-order valence-corrected chi connectivity index (χ0v) is 14.8. The Hall–Kier alpha value is -1.87. The molecule has 4 rings (SSSR count). The summed E-state index contributed by atoms with van der Waals surface area (Å²) in [5.74, 6) is 0. The molecule has 0 saturated carbocycles. The Morgan fingerprint density at radius 2 is 1.75 bits per heavy atom. The molecule has 0 aliphatic carbocycles.